The van der Waals surface area contributed by atoms with E-state index in [0.29, 0.717) is 12.2 Å². The van der Waals surface area contributed by atoms with E-state index in [1.807, 2.05) is 30.3 Å². The maximum absolute atomic E-state index is 12.1. The lowest BCUT2D eigenvalue weighted by molar-refractivity contribution is 0.0594. The molecular weight excluding hydrogens is 352 g/mol. The molecule has 0 aliphatic heterocycles. The van der Waals surface area contributed by atoms with Crippen molar-refractivity contribution in [2.45, 2.75) is 19.9 Å². The van der Waals surface area contributed by atoms with E-state index in [-0.39, 0.29) is 0 Å². The first-order valence-corrected chi connectivity index (χ1v) is 9.28. The molecule has 0 atom stereocenters. The molecule has 0 aliphatic carbocycles. The summed E-state index contributed by atoms with van der Waals surface area (Å²) in [6.07, 6.45) is 0.722. The van der Waals surface area contributed by atoms with Gasteiger partial charge in [0.05, 0.1) is 25.4 Å². The number of hydrogen-bond donors (Lipinski definition) is 0. The van der Waals surface area contributed by atoms with E-state index in [1.54, 1.807) is 7.11 Å². The molecule has 4 rings (SSSR count). The van der Waals surface area contributed by atoms with Crippen LogP contribution in [-0.2, 0) is 17.7 Å². The van der Waals surface area contributed by atoms with Crippen LogP contribution < -0.4 is 4.74 Å². The van der Waals surface area contributed by atoms with Crippen LogP contribution in [0.4, 0.5) is 0 Å². The second-order valence-electron chi connectivity index (χ2n) is 6.65. The number of aromatic nitrogens is 2. The summed E-state index contributed by atoms with van der Waals surface area (Å²) in [7, 11) is 3.05. The molecular formula is C23H22N2O3. The van der Waals surface area contributed by atoms with Gasteiger partial charge in [-0.2, -0.15) is 0 Å². The molecule has 0 N–H and O–H groups in total. The number of nitrogens with zero attached hydrogens (tertiary/aromatic N) is 2. The first kappa shape index (κ1) is 18.0. The Hall–Kier alpha value is -3.34. The van der Waals surface area contributed by atoms with Gasteiger partial charge in [-0.05, 0) is 36.2 Å². The molecule has 0 saturated carbocycles. The number of methoxy groups -OCH3 is 2. The van der Waals surface area contributed by atoms with Crippen LogP contribution in [0.3, 0.4) is 0 Å². The first-order chi connectivity index (χ1) is 13.7. The van der Waals surface area contributed by atoms with Gasteiger partial charge in [-0.3, -0.25) is 0 Å². The number of pyridine rings is 1. The van der Waals surface area contributed by atoms with Gasteiger partial charge in [-0.15, -0.1) is 0 Å². The lowest BCUT2D eigenvalue weighted by Gasteiger charge is -2.11. The zero-order valence-electron chi connectivity index (χ0n) is 16.2. The van der Waals surface area contributed by atoms with Crippen LogP contribution in [0.1, 0.15) is 28.7 Å². The van der Waals surface area contributed by atoms with Crippen molar-refractivity contribution in [3.63, 3.8) is 0 Å². The van der Waals surface area contributed by atoms with Gasteiger partial charge in [-0.1, -0.05) is 37.3 Å². The van der Waals surface area contributed by atoms with Crippen molar-refractivity contribution in [1.29, 1.82) is 0 Å². The average molecular weight is 374 g/mol. The summed E-state index contributed by atoms with van der Waals surface area (Å²) in [5.74, 6) is 0.424. The summed E-state index contributed by atoms with van der Waals surface area (Å²) in [5, 5.41) is 2.13. The zero-order valence-corrected chi connectivity index (χ0v) is 16.2. The van der Waals surface area contributed by atoms with Crippen molar-refractivity contribution in [2.24, 2.45) is 0 Å². The van der Waals surface area contributed by atoms with Gasteiger partial charge in [0.25, 0.3) is 0 Å². The van der Waals surface area contributed by atoms with E-state index in [4.69, 9.17) is 9.47 Å². The Balaban J connectivity index is 1.96. The fourth-order valence-electron chi connectivity index (χ4n) is 3.69. The molecule has 0 saturated heterocycles. The fraction of sp³-hybridized carbons (Fsp3) is 0.217. The SMILES string of the molecule is CCc1nc(C(=O)OC)cc2c3ccccc3n(Cc3ccc(OC)cc3)c12. The molecule has 0 unspecified atom stereocenters. The van der Waals surface area contributed by atoms with Gasteiger partial charge >= 0.3 is 5.97 Å². The third-order valence-electron chi connectivity index (χ3n) is 5.05. The van der Waals surface area contributed by atoms with Crippen molar-refractivity contribution < 1.29 is 14.3 Å². The van der Waals surface area contributed by atoms with Crippen LogP contribution in [0.25, 0.3) is 21.8 Å². The molecule has 0 radical (unpaired) electrons. The van der Waals surface area contributed by atoms with Gasteiger partial charge in [-0.25, -0.2) is 9.78 Å². The van der Waals surface area contributed by atoms with Crippen LogP contribution in [0.15, 0.2) is 54.6 Å². The van der Waals surface area contributed by atoms with E-state index in [9.17, 15) is 4.79 Å². The minimum absolute atomic E-state index is 0.346. The number of esters is 1. The number of para-hydroxylation sites is 1. The number of benzene rings is 2. The molecule has 5 nitrogen and oxygen atoms in total. The predicted molar refractivity (Wildman–Crippen MR) is 110 cm³/mol. The van der Waals surface area contributed by atoms with Crippen LogP contribution in [0, 0.1) is 0 Å². The minimum atomic E-state index is -0.413. The number of aryl methyl sites for hydroxylation is 1. The zero-order chi connectivity index (χ0) is 19.7. The molecule has 2 heterocycles. The molecule has 4 aromatic rings. The van der Waals surface area contributed by atoms with Gasteiger partial charge in [0.1, 0.15) is 11.4 Å². The molecule has 2 aromatic heterocycles. The molecule has 5 heteroatoms. The molecule has 142 valence electrons. The summed E-state index contributed by atoms with van der Waals surface area (Å²) in [5.41, 5.74) is 4.59. The van der Waals surface area contributed by atoms with Gasteiger partial charge in [0.2, 0.25) is 0 Å². The van der Waals surface area contributed by atoms with Crippen molar-refractivity contribution >= 4 is 27.8 Å². The Bertz CT molecular complexity index is 1160. The van der Waals surface area contributed by atoms with E-state index in [2.05, 4.69) is 40.7 Å². The second kappa shape index (κ2) is 7.35. The topological polar surface area (TPSA) is 53.3 Å². The average Bonchev–Trinajstić information content (AvgIpc) is 3.07. The monoisotopic (exact) mass is 374 g/mol. The van der Waals surface area contributed by atoms with Crippen LogP contribution in [0.2, 0.25) is 0 Å². The van der Waals surface area contributed by atoms with Crippen molar-refractivity contribution in [2.75, 3.05) is 14.2 Å². The number of carbonyl (C=O) groups excluding carboxylic acids is 1. The molecule has 0 bridgehead atoms. The van der Waals surface area contributed by atoms with Gasteiger partial charge in [0, 0.05) is 22.8 Å². The van der Waals surface area contributed by atoms with E-state index in [1.165, 1.54) is 12.7 Å². The number of hydrogen-bond acceptors (Lipinski definition) is 4. The summed E-state index contributed by atoms with van der Waals surface area (Å²) < 4.78 is 12.4. The standard InChI is InChI=1S/C23H22N2O3/c1-4-19-22-18(13-20(24-19)23(26)28-3)17-7-5-6-8-21(17)25(22)14-15-9-11-16(27-2)12-10-15/h5-13H,4,14H2,1-3H3. The van der Waals surface area contributed by atoms with Crippen LogP contribution in [0.5, 0.6) is 5.75 Å². The molecule has 28 heavy (non-hydrogen) atoms. The summed E-state index contributed by atoms with van der Waals surface area (Å²) >= 11 is 0. The maximum Gasteiger partial charge on any atom is 0.356 e. The van der Waals surface area contributed by atoms with Crippen LogP contribution >= 0.6 is 0 Å². The van der Waals surface area contributed by atoms with E-state index in [0.717, 1.165) is 39.7 Å². The smallest absolute Gasteiger partial charge is 0.356 e. The van der Waals surface area contributed by atoms with E-state index >= 15 is 0 Å². The summed E-state index contributed by atoms with van der Waals surface area (Å²) in [6.45, 7) is 2.76. The Morgan fingerprint density at radius 1 is 1.04 bits per heavy atom. The molecule has 0 spiro atoms. The molecule has 0 fully saturated rings. The van der Waals surface area contributed by atoms with Crippen molar-refractivity contribution in [3.8, 4) is 5.75 Å². The normalized spacial score (nSPS) is 11.1. The number of rotatable bonds is 5. The number of ether oxygens (including phenoxy) is 2. The summed E-state index contributed by atoms with van der Waals surface area (Å²) in [4.78, 5) is 16.7. The predicted octanol–water partition coefficient (Wildman–Crippen LogP) is 4.60. The highest BCUT2D eigenvalue weighted by atomic mass is 16.5. The Labute approximate surface area is 163 Å². The van der Waals surface area contributed by atoms with Crippen molar-refractivity contribution in [1.82, 2.24) is 9.55 Å². The van der Waals surface area contributed by atoms with Crippen molar-refractivity contribution in [3.05, 3.63) is 71.5 Å². The lowest BCUT2D eigenvalue weighted by atomic mass is 10.1. The maximum atomic E-state index is 12.1. The number of fused-ring (bicyclic) bond motifs is 3. The largest absolute Gasteiger partial charge is 0.497 e. The third-order valence-corrected chi connectivity index (χ3v) is 5.05. The quantitative estimate of drug-likeness (QED) is 0.479. The minimum Gasteiger partial charge on any atom is -0.497 e. The number of carbonyl (C=O) groups is 1. The second-order valence-corrected chi connectivity index (χ2v) is 6.65. The third kappa shape index (κ3) is 2.99. The first-order valence-electron chi connectivity index (χ1n) is 9.28. The Morgan fingerprint density at radius 2 is 1.79 bits per heavy atom. The Kier molecular flexibility index (Phi) is 4.74. The highest BCUT2D eigenvalue weighted by Crippen LogP contribution is 2.32. The van der Waals surface area contributed by atoms with Gasteiger partial charge in [0.15, 0.2) is 0 Å². The lowest BCUT2D eigenvalue weighted by Crippen LogP contribution is -2.08. The molecule has 2 aromatic carbocycles. The van der Waals surface area contributed by atoms with Crippen LogP contribution in [-0.4, -0.2) is 29.7 Å². The fourth-order valence-corrected chi connectivity index (χ4v) is 3.69. The Morgan fingerprint density at radius 3 is 2.46 bits per heavy atom. The summed E-state index contributed by atoms with van der Waals surface area (Å²) in [6, 6.07) is 18.2. The molecule has 0 amide bonds. The molecule has 0 aliphatic rings. The van der Waals surface area contributed by atoms with E-state index < -0.39 is 5.97 Å². The van der Waals surface area contributed by atoms with Gasteiger partial charge < -0.3 is 14.0 Å². The highest BCUT2D eigenvalue weighted by Gasteiger charge is 2.18. The highest BCUT2D eigenvalue weighted by molar-refractivity contribution is 6.10.